The Hall–Kier alpha value is 0.230. The van der Waals surface area contributed by atoms with Crippen LogP contribution in [0.25, 0.3) is 0 Å². The first-order valence-electron chi connectivity index (χ1n) is 6.25. The number of unbranched alkanes of at least 4 members (excludes halogenated alkanes) is 4. The van der Waals surface area contributed by atoms with E-state index in [2.05, 4.69) is 20.8 Å². The van der Waals surface area contributed by atoms with Crippen LogP contribution in [0.15, 0.2) is 0 Å². The molecule has 0 rings (SSSR count). The van der Waals surface area contributed by atoms with Crippen molar-refractivity contribution in [3.8, 4) is 0 Å². The monoisotopic (exact) mass is 218 g/mol. The van der Waals surface area contributed by atoms with E-state index >= 15 is 0 Å². The van der Waals surface area contributed by atoms with Crippen molar-refractivity contribution in [3.63, 3.8) is 0 Å². The highest BCUT2D eigenvalue weighted by Crippen LogP contribution is 2.46. The summed E-state index contributed by atoms with van der Waals surface area (Å²) in [6, 6.07) is 0. The summed E-state index contributed by atoms with van der Waals surface area (Å²) < 4.78 is 12.3. The third-order valence-corrected chi connectivity index (χ3v) is 6.33. The van der Waals surface area contributed by atoms with Crippen molar-refractivity contribution < 1.29 is 4.57 Å². The van der Waals surface area contributed by atoms with Crippen molar-refractivity contribution in [1.82, 2.24) is 0 Å². The molecular weight excluding hydrogens is 191 g/mol. The maximum Gasteiger partial charge on any atom is 0.0875 e. The normalized spacial score (nSPS) is 11.9. The van der Waals surface area contributed by atoms with E-state index in [0.717, 1.165) is 18.5 Å². The molecule has 0 spiro atoms. The SMILES string of the molecule is CCCCCP(=O)(CC)CCCCC. The second kappa shape index (κ2) is 8.53. The van der Waals surface area contributed by atoms with Gasteiger partial charge in [0.25, 0.3) is 0 Å². The predicted molar refractivity (Wildman–Crippen MR) is 66.9 cm³/mol. The third-order valence-electron chi connectivity index (χ3n) is 2.91. The van der Waals surface area contributed by atoms with E-state index < -0.39 is 7.14 Å². The molecule has 0 heterocycles. The molecule has 0 aliphatic heterocycles. The van der Waals surface area contributed by atoms with Crippen LogP contribution in [-0.4, -0.2) is 18.5 Å². The van der Waals surface area contributed by atoms with E-state index in [1.807, 2.05) is 0 Å². The molecule has 86 valence electrons. The van der Waals surface area contributed by atoms with Crippen molar-refractivity contribution in [2.45, 2.75) is 59.3 Å². The van der Waals surface area contributed by atoms with Crippen molar-refractivity contribution >= 4 is 7.14 Å². The zero-order valence-electron chi connectivity index (χ0n) is 10.2. The van der Waals surface area contributed by atoms with Crippen LogP contribution < -0.4 is 0 Å². The topological polar surface area (TPSA) is 17.1 Å². The molecule has 0 saturated carbocycles. The molecule has 0 N–H and O–H groups in total. The van der Waals surface area contributed by atoms with E-state index in [9.17, 15) is 4.57 Å². The minimum absolute atomic E-state index is 0.917. The van der Waals surface area contributed by atoms with Crippen LogP contribution in [0.4, 0.5) is 0 Å². The lowest BCUT2D eigenvalue weighted by molar-refractivity contribution is 0.568. The van der Waals surface area contributed by atoms with E-state index in [0.29, 0.717) is 0 Å². The summed E-state index contributed by atoms with van der Waals surface area (Å²) in [5, 5.41) is 0. The molecule has 2 heteroatoms. The van der Waals surface area contributed by atoms with Gasteiger partial charge in [-0.1, -0.05) is 46.5 Å². The highest BCUT2D eigenvalue weighted by molar-refractivity contribution is 7.63. The highest BCUT2D eigenvalue weighted by Gasteiger charge is 2.17. The summed E-state index contributed by atoms with van der Waals surface area (Å²) in [6.07, 6.45) is 10.2. The van der Waals surface area contributed by atoms with Crippen molar-refractivity contribution in [2.75, 3.05) is 18.5 Å². The average molecular weight is 218 g/mol. The molecule has 0 saturated heterocycles. The van der Waals surface area contributed by atoms with Crippen molar-refractivity contribution in [1.29, 1.82) is 0 Å². The lowest BCUT2D eigenvalue weighted by Gasteiger charge is -2.15. The molecule has 0 aliphatic carbocycles. The summed E-state index contributed by atoms with van der Waals surface area (Å²) >= 11 is 0. The molecule has 0 aliphatic rings. The first-order valence-corrected chi connectivity index (χ1v) is 8.52. The van der Waals surface area contributed by atoms with Crippen molar-refractivity contribution in [2.24, 2.45) is 0 Å². The second-order valence-electron chi connectivity index (χ2n) is 4.24. The van der Waals surface area contributed by atoms with Gasteiger partial charge in [-0.25, -0.2) is 0 Å². The zero-order chi connectivity index (χ0) is 10.9. The molecule has 0 atom stereocenters. The quantitative estimate of drug-likeness (QED) is 0.403. The van der Waals surface area contributed by atoms with Gasteiger partial charge in [-0.3, -0.25) is 0 Å². The molecule has 0 aromatic heterocycles. The Bertz CT molecular complexity index is 152. The predicted octanol–water partition coefficient (Wildman–Crippen LogP) is 4.75. The van der Waals surface area contributed by atoms with Crippen LogP contribution in [0.3, 0.4) is 0 Å². The van der Waals surface area contributed by atoms with Crippen LogP contribution in [0.5, 0.6) is 0 Å². The molecule has 0 unspecified atom stereocenters. The van der Waals surface area contributed by atoms with Gasteiger partial charge in [0.15, 0.2) is 0 Å². The molecule has 0 amide bonds. The fraction of sp³-hybridized carbons (Fsp3) is 1.00. The molecular formula is C12H27OP. The lowest BCUT2D eigenvalue weighted by Crippen LogP contribution is -1.98. The minimum Gasteiger partial charge on any atom is -0.324 e. The van der Waals surface area contributed by atoms with Gasteiger partial charge in [0.05, 0.1) is 7.14 Å². The average Bonchev–Trinajstić information content (AvgIpc) is 2.19. The first kappa shape index (κ1) is 14.2. The fourth-order valence-electron chi connectivity index (χ4n) is 1.73. The summed E-state index contributed by atoms with van der Waals surface area (Å²) in [5.41, 5.74) is 0. The third kappa shape index (κ3) is 6.65. The van der Waals surface area contributed by atoms with Gasteiger partial charge in [0.2, 0.25) is 0 Å². The van der Waals surface area contributed by atoms with Gasteiger partial charge in [-0.2, -0.15) is 0 Å². The van der Waals surface area contributed by atoms with Crippen LogP contribution >= 0.6 is 7.14 Å². The Labute approximate surface area is 90.0 Å². The Morgan fingerprint density at radius 1 is 0.786 bits per heavy atom. The molecule has 0 aromatic rings. The Balaban J connectivity index is 3.74. The maximum atomic E-state index is 12.3. The lowest BCUT2D eigenvalue weighted by atomic mass is 10.3. The van der Waals surface area contributed by atoms with Gasteiger partial charge in [-0.05, 0) is 19.0 Å². The number of hydrogen-bond donors (Lipinski definition) is 0. The van der Waals surface area contributed by atoms with E-state index in [4.69, 9.17) is 0 Å². The maximum absolute atomic E-state index is 12.3. The molecule has 1 nitrogen and oxygen atoms in total. The molecule has 0 radical (unpaired) electrons. The number of hydrogen-bond acceptors (Lipinski definition) is 1. The van der Waals surface area contributed by atoms with Crippen molar-refractivity contribution in [3.05, 3.63) is 0 Å². The van der Waals surface area contributed by atoms with Gasteiger partial charge < -0.3 is 4.57 Å². The summed E-state index contributed by atoms with van der Waals surface area (Å²) in [6.45, 7) is 6.50. The first-order chi connectivity index (χ1) is 6.68. The van der Waals surface area contributed by atoms with Crippen LogP contribution in [0.1, 0.15) is 59.3 Å². The zero-order valence-corrected chi connectivity index (χ0v) is 11.1. The van der Waals surface area contributed by atoms with Crippen LogP contribution in [0.2, 0.25) is 0 Å². The Morgan fingerprint density at radius 3 is 1.50 bits per heavy atom. The van der Waals surface area contributed by atoms with Crippen LogP contribution in [0, 0.1) is 0 Å². The van der Waals surface area contributed by atoms with Gasteiger partial charge in [0.1, 0.15) is 0 Å². The molecule has 0 fully saturated rings. The standard InChI is InChI=1S/C12H27OP/c1-4-7-9-11-14(13,6-3)12-10-8-5-2/h4-12H2,1-3H3. The summed E-state index contributed by atoms with van der Waals surface area (Å²) in [7, 11) is -1.76. The van der Waals surface area contributed by atoms with E-state index in [1.165, 1.54) is 38.5 Å². The molecule has 0 bridgehead atoms. The minimum atomic E-state index is -1.76. The van der Waals surface area contributed by atoms with Gasteiger partial charge in [-0.15, -0.1) is 0 Å². The fourth-order valence-corrected chi connectivity index (χ4v) is 4.18. The smallest absolute Gasteiger partial charge is 0.0875 e. The Morgan fingerprint density at radius 2 is 1.21 bits per heavy atom. The highest BCUT2D eigenvalue weighted by atomic mass is 31.2. The summed E-state index contributed by atoms with van der Waals surface area (Å²) in [5.74, 6) is 0. The Kier molecular flexibility index (Phi) is 8.67. The van der Waals surface area contributed by atoms with E-state index in [-0.39, 0.29) is 0 Å². The van der Waals surface area contributed by atoms with Crippen LogP contribution in [-0.2, 0) is 4.57 Å². The van der Waals surface area contributed by atoms with Gasteiger partial charge in [0, 0.05) is 12.3 Å². The molecule has 14 heavy (non-hydrogen) atoms. The number of rotatable bonds is 9. The summed E-state index contributed by atoms with van der Waals surface area (Å²) in [4.78, 5) is 0. The van der Waals surface area contributed by atoms with E-state index in [1.54, 1.807) is 0 Å². The second-order valence-corrected chi connectivity index (χ2v) is 7.88. The molecule has 0 aromatic carbocycles. The van der Waals surface area contributed by atoms with Gasteiger partial charge >= 0.3 is 0 Å². The largest absolute Gasteiger partial charge is 0.324 e.